The lowest BCUT2D eigenvalue weighted by atomic mass is 9.94. The summed E-state index contributed by atoms with van der Waals surface area (Å²) in [6.45, 7) is 2.36. The Kier molecular flexibility index (Phi) is 7.43. The second-order valence-electron chi connectivity index (χ2n) is 7.83. The molecule has 7 nitrogen and oxygen atoms in total. The number of carbonyl (C=O) groups excluding carboxylic acids is 2. The second kappa shape index (κ2) is 10.5. The lowest BCUT2D eigenvalue weighted by Gasteiger charge is -2.26. The van der Waals surface area contributed by atoms with E-state index in [0.717, 1.165) is 0 Å². The molecule has 1 fully saturated rings. The van der Waals surface area contributed by atoms with Gasteiger partial charge in [0.25, 0.3) is 11.7 Å². The molecule has 0 bridgehead atoms. The number of amides is 1. The van der Waals surface area contributed by atoms with Gasteiger partial charge in [0.15, 0.2) is 0 Å². The van der Waals surface area contributed by atoms with Crippen LogP contribution in [0, 0.1) is 0 Å². The summed E-state index contributed by atoms with van der Waals surface area (Å²) in [6, 6.07) is 15.5. The minimum atomic E-state index is -0.937. The summed E-state index contributed by atoms with van der Waals surface area (Å²) in [6.07, 6.45) is 0. The average molecular weight is 528 g/mol. The molecule has 1 aliphatic heterocycles. The fourth-order valence-corrected chi connectivity index (χ4v) is 4.48. The van der Waals surface area contributed by atoms with Gasteiger partial charge >= 0.3 is 0 Å². The Bertz CT molecular complexity index is 1340. The quantitative estimate of drug-likeness (QED) is 0.229. The average Bonchev–Trinajstić information content (AvgIpc) is 3.14. The number of carbonyl (C=O) groups is 2. The van der Waals surface area contributed by atoms with Crippen molar-refractivity contribution in [1.29, 1.82) is 0 Å². The topological polar surface area (TPSA) is 85.3 Å². The number of benzene rings is 3. The van der Waals surface area contributed by atoms with E-state index >= 15 is 0 Å². The molecular weight excluding hydrogens is 505 g/mol. The van der Waals surface area contributed by atoms with Crippen molar-refractivity contribution in [1.82, 2.24) is 0 Å². The summed E-state index contributed by atoms with van der Waals surface area (Å²) in [5, 5.41) is 12.2. The predicted octanol–water partition coefficient (Wildman–Crippen LogP) is 6.04. The first kappa shape index (κ1) is 25.4. The van der Waals surface area contributed by atoms with Crippen LogP contribution in [0.15, 0.2) is 66.2 Å². The lowest BCUT2D eigenvalue weighted by molar-refractivity contribution is -0.132. The monoisotopic (exact) mass is 527 g/mol. The SMILES string of the molecule is CCOc1ccc(C2/C(=C(\O)c3cc(OC)c(Cl)cc3OC)C(=O)C(=O)N2c2ccc(Cl)cc2)cc1. The molecule has 1 N–H and O–H groups in total. The Morgan fingerprint density at radius 3 is 2.17 bits per heavy atom. The number of aliphatic hydroxyl groups is 1. The van der Waals surface area contributed by atoms with Gasteiger partial charge in [-0.15, -0.1) is 0 Å². The summed E-state index contributed by atoms with van der Waals surface area (Å²) in [4.78, 5) is 28.0. The molecule has 0 aromatic heterocycles. The first-order valence-electron chi connectivity index (χ1n) is 11.0. The molecule has 1 atom stereocenters. The van der Waals surface area contributed by atoms with E-state index in [0.29, 0.717) is 28.6 Å². The number of methoxy groups -OCH3 is 2. The summed E-state index contributed by atoms with van der Waals surface area (Å²) < 4.78 is 16.2. The molecule has 0 radical (unpaired) electrons. The minimum Gasteiger partial charge on any atom is -0.507 e. The highest BCUT2D eigenvalue weighted by Crippen LogP contribution is 2.45. The molecule has 1 aliphatic rings. The number of nitrogens with zero attached hydrogens (tertiary/aromatic N) is 1. The highest BCUT2D eigenvalue weighted by Gasteiger charge is 2.47. The van der Waals surface area contributed by atoms with Crippen molar-refractivity contribution in [2.45, 2.75) is 13.0 Å². The standard InChI is InChI=1S/C27H23Cl2NO6/c1-4-36-18-11-5-15(6-12-18)24-23(25(31)19-13-22(35-3)20(29)14-21(19)34-2)26(32)27(33)30(24)17-9-7-16(28)8-10-17/h5-14,24,31H,4H2,1-3H3/b25-23+. The molecule has 1 heterocycles. The Labute approximate surface area is 218 Å². The van der Waals surface area contributed by atoms with Crippen molar-refractivity contribution >= 4 is 46.3 Å². The maximum atomic E-state index is 13.4. The molecule has 1 unspecified atom stereocenters. The highest BCUT2D eigenvalue weighted by atomic mass is 35.5. The molecule has 0 spiro atoms. The third kappa shape index (κ3) is 4.59. The molecule has 9 heteroatoms. The summed E-state index contributed by atoms with van der Waals surface area (Å²) in [7, 11) is 2.84. The van der Waals surface area contributed by atoms with Crippen molar-refractivity contribution in [3.05, 3.63) is 87.4 Å². The van der Waals surface area contributed by atoms with E-state index < -0.39 is 23.5 Å². The normalized spacial score (nSPS) is 16.8. The Balaban J connectivity index is 1.96. The van der Waals surface area contributed by atoms with E-state index in [1.54, 1.807) is 48.5 Å². The molecule has 4 rings (SSSR count). The van der Waals surface area contributed by atoms with Crippen LogP contribution in [0.2, 0.25) is 10.0 Å². The van der Waals surface area contributed by atoms with Crippen LogP contribution in [-0.4, -0.2) is 37.6 Å². The van der Waals surface area contributed by atoms with Crippen LogP contribution in [0.1, 0.15) is 24.1 Å². The fraction of sp³-hybridized carbons (Fsp3) is 0.185. The first-order chi connectivity index (χ1) is 17.3. The van der Waals surface area contributed by atoms with E-state index in [1.165, 1.54) is 31.3 Å². The summed E-state index contributed by atoms with van der Waals surface area (Å²) >= 11 is 12.3. The number of ether oxygens (including phenoxy) is 3. The van der Waals surface area contributed by atoms with Gasteiger partial charge < -0.3 is 19.3 Å². The van der Waals surface area contributed by atoms with Gasteiger partial charge in [0.05, 0.1) is 43.0 Å². The summed E-state index contributed by atoms with van der Waals surface area (Å²) in [5.74, 6) is -0.954. The number of hydrogen-bond acceptors (Lipinski definition) is 6. The molecule has 1 amide bonds. The molecule has 36 heavy (non-hydrogen) atoms. The zero-order chi connectivity index (χ0) is 26.0. The number of ketones is 1. The van der Waals surface area contributed by atoms with Crippen molar-refractivity contribution in [2.75, 3.05) is 25.7 Å². The maximum Gasteiger partial charge on any atom is 0.300 e. The lowest BCUT2D eigenvalue weighted by Crippen LogP contribution is -2.29. The minimum absolute atomic E-state index is 0.109. The number of hydrogen-bond donors (Lipinski definition) is 1. The van der Waals surface area contributed by atoms with Crippen LogP contribution in [0.4, 0.5) is 5.69 Å². The van der Waals surface area contributed by atoms with Crippen molar-refractivity contribution in [3.63, 3.8) is 0 Å². The van der Waals surface area contributed by atoms with E-state index in [-0.39, 0.29) is 27.7 Å². The molecule has 1 saturated heterocycles. The van der Waals surface area contributed by atoms with Gasteiger partial charge in [-0.1, -0.05) is 35.3 Å². The van der Waals surface area contributed by atoms with Gasteiger partial charge in [0.1, 0.15) is 23.0 Å². The predicted molar refractivity (Wildman–Crippen MR) is 138 cm³/mol. The molecule has 3 aromatic carbocycles. The van der Waals surface area contributed by atoms with E-state index in [9.17, 15) is 14.7 Å². The highest BCUT2D eigenvalue weighted by molar-refractivity contribution is 6.51. The molecule has 3 aromatic rings. The smallest absolute Gasteiger partial charge is 0.300 e. The number of Topliss-reactive ketones (excluding diaryl/α,β-unsaturated/α-hetero) is 1. The molecule has 0 saturated carbocycles. The number of aliphatic hydroxyl groups excluding tert-OH is 1. The summed E-state index contributed by atoms with van der Waals surface area (Å²) in [5.41, 5.74) is 1.08. The zero-order valence-corrected chi connectivity index (χ0v) is 21.3. The maximum absolute atomic E-state index is 13.4. The van der Waals surface area contributed by atoms with Crippen LogP contribution >= 0.6 is 23.2 Å². The third-order valence-corrected chi connectivity index (χ3v) is 6.33. The van der Waals surface area contributed by atoms with Gasteiger partial charge in [-0.2, -0.15) is 0 Å². The fourth-order valence-electron chi connectivity index (χ4n) is 4.12. The van der Waals surface area contributed by atoms with Crippen LogP contribution < -0.4 is 19.1 Å². The van der Waals surface area contributed by atoms with Crippen LogP contribution in [0.25, 0.3) is 5.76 Å². The van der Waals surface area contributed by atoms with Gasteiger partial charge in [-0.25, -0.2) is 0 Å². The number of anilines is 1. The Morgan fingerprint density at radius 2 is 1.58 bits per heavy atom. The number of rotatable bonds is 7. The molecule has 186 valence electrons. The largest absolute Gasteiger partial charge is 0.507 e. The van der Waals surface area contributed by atoms with Crippen LogP contribution in [0.5, 0.6) is 17.2 Å². The first-order valence-corrected chi connectivity index (χ1v) is 11.8. The van der Waals surface area contributed by atoms with Gasteiger partial charge in [-0.3, -0.25) is 14.5 Å². The molecule has 0 aliphatic carbocycles. The molecular formula is C27H23Cl2NO6. The van der Waals surface area contributed by atoms with Gasteiger partial charge in [0.2, 0.25) is 0 Å². The van der Waals surface area contributed by atoms with E-state index in [2.05, 4.69) is 0 Å². The van der Waals surface area contributed by atoms with Crippen molar-refractivity contribution in [2.24, 2.45) is 0 Å². The third-order valence-electron chi connectivity index (χ3n) is 5.79. The second-order valence-corrected chi connectivity index (χ2v) is 8.68. The van der Waals surface area contributed by atoms with E-state index in [1.807, 2.05) is 6.92 Å². The Hall–Kier alpha value is -3.68. The van der Waals surface area contributed by atoms with Gasteiger partial charge in [0, 0.05) is 16.8 Å². The Morgan fingerprint density at radius 1 is 0.944 bits per heavy atom. The van der Waals surface area contributed by atoms with Crippen LogP contribution in [-0.2, 0) is 9.59 Å². The van der Waals surface area contributed by atoms with Gasteiger partial charge in [-0.05, 0) is 55.0 Å². The van der Waals surface area contributed by atoms with Crippen molar-refractivity contribution < 1.29 is 28.9 Å². The van der Waals surface area contributed by atoms with Crippen molar-refractivity contribution in [3.8, 4) is 17.2 Å². The van der Waals surface area contributed by atoms with E-state index in [4.69, 9.17) is 37.4 Å². The number of halogens is 2. The zero-order valence-electron chi connectivity index (χ0n) is 19.7. The van der Waals surface area contributed by atoms with Crippen LogP contribution in [0.3, 0.4) is 0 Å².